The third-order valence-corrected chi connectivity index (χ3v) is 3.68. The van der Waals surface area contributed by atoms with Crippen molar-refractivity contribution in [2.45, 2.75) is 45.1 Å². The molecule has 1 aliphatic carbocycles. The van der Waals surface area contributed by atoms with Crippen LogP contribution in [0, 0.1) is 13.8 Å². The molecule has 0 unspecified atom stereocenters. The minimum absolute atomic E-state index is 0.174. The van der Waals surface area contributed by atoms with Gasteiger partial charge in [-0.15, -0.1) is 0 Å². The Morgan fingerprint density at radius 1 is 1.21 bits per heavy atom. The number of benzene rings is 1. The lowest BCUT2D eigenvalue weighted by atomic mass is 9.91. The van der Waals surface area contributed by atoms with E-state index < -0.39 is 17.4 Å². The van der Waals surface area contributed by atoms with Crippen LogP contribution in [0.5, 0.6) is 0 Å². The molecule has 0 aromatic heterocycles. The molecule has 1 aromatic rings. The van der Waals surface area contributed by atoms with E-state index in [2.05, 4.69) is 11.4 Å². The Balaban J connectivity index is 2.23. The highest BCUT2D eigenvalue weighted by atomic mass is 16.4. The van der Waals surface area contributed by atoms with Gasteiger partial charge in [-0.3, -0.25) is 9.59 Å². The predicted molar refractivity (Wildman–Crippen MR) is 72.1 cm³/mol. The minimum atomic E-state index is -1.01. The van der Waals surface area contributed by atoms with Crippen LogP contribution in [0.3, 0.4) is 0 Å². The number of nitrogens with one attached hydrogen (secondary N) is 1. The molecule has 19 heavy (non-hydrogen) atoms. The summed E-state index contributed by atoms with van der Waals surface area (Å²) in [4.78, 5) is 23.1. The Kier molecular flexibility index (Phi) is 3.35. The molecule has 2 N–H and O–H groups in total. The normalized spacial score (nSPS) is 17.6. The van der Waals surface area contributed by atoms with Gasteiger partial charge in [-0.1, -0.05) is 29.3 Å². The highest BCUT2D eigenvalue weighted by Gasteiger charge is 2.51. The van der Waals surface area contributed by atoms with Crippen molar-refractivity contribution >= 4 is 11.9 Å². The molecule has 0 heterocycles. The molecule has 0 spiro atoms. The average Bonchev–Trinajstić information content (AvgIpc) is 3.08. The van der Waals surface area contributed by atoms with Crippen molar-refractivity contribution in [2.24, 2.45) is 0 Å². The van der Waals surface area contributed by atoms with Gasteiger partial charge in [-0.05, 0) is 39.2 Å². The lowest BCUT2D eigenvalue weighted by Gasteiger charge is -2.19. The first-order chi connectivity index (χ1) is 8.85. The topological polar surface area (TPSA) is 66.4 Å². The zero-order valence-corrected chi connectivity index (χ0v) is 11.5. The number of aryl methyl sites for hydroxylation is 2. The second-order valence-corrected chi connectivity index (χ2v) is 5.49. The van der Waals surface area contributed by atoms with Crippen molar-refractivity contribution in [1.82, 2.24) is 5.32 Å². The molecule has 0 radical (unpaired) electrons. The van der Waals surface area contributed by atoms with Crippen molar-refractivity contribution in [3.8, 4) is 0 Å². The average molecular weight is 261 g/mol. The quantitative estimate of drug-likeness (QED) is 0.870. The number of aliphatic carboxylic acids is 1. The second-order valence-electron chi connectivity index (χ2n) is 5.49. The van der Waals surface area contributed by atoms with E-state index in [1.165, 1.54) is 6.92 Å². The van der Waals surface area contributed by atoms with Gasteiger partial charge < -0.3 is 10.4 Å². The minimum Gasteiger partial charge on any atom is -0.480 e. The summed E-state index contributed by atoms with van der Waals surface area (Å²) >= 11 is 0. The van der Waals surface area contributed by atoms with Crippen LogP contribution < -0.4 is 5.32 Å². The van der Waals surface area contributed by atoms with Crippen molar-refractivity contribution in [3.63, 3.8) is 0 Å². The zero-order valence-electron chi connectivity index (χ0n) is 11.5. The van der Waals surface area contributed by atoms with E-state index in [0.717, 1.165) is 29.5 Å². The largest absolute Gasteiger partial charge is 0.480 e. The predicted octanol–water partition coefficient (Wildman–Crippen LogP) is 1.92. The van der Waals surface area contributed by atoms with Crippen LogP contribution >= 0.6 is 0 Å². The molecule has 102 valence electrons. The highest BCUT2D eigenvalue weighted by molar-refractivity contribution is 5.93. The Hall–Kier alpha value is -1.84. The van der Waals surface area contributed by atoms with Crippen LogP contribution in [0.1, 0.15) is 36.5 Å². The molecule has 4 heteroatoms. The van der Waals surface area contributed by atoms with Crippen molar-refractivity contribution < 1.29 is 14.7 Å². The molecule has 0 saturated heterocycles. The summed E-state index contributed by atoms with van der Waals surface area (Å²) < 4.78 is 0. The number of carbonyl (C=O) groups is 2. The first-order valence-electron chi connectivity index (χ1n) is 6.48. The standard InChI is InChI=1S/C15H19NO3/c1-9-6-10(2)8-12(7-9)15(4-5-15)14(19)16-11(3)13(17)18/h6-8,11H,4-5H2,1-3H3,(H,16,19)(H,17,18)/t11-/m1/s1. The maximum absolute atomic E-state index is 12.3. The number of carboxylic acids is 1. The molecule has 0 bridgehead atoms. The fourth-order valence-electron chi connectivity index (χ4n) is 2.42. The lowest BCUT2D eigenvalue weighted by molar-refractivity contribution is -0.141. The van der Waals surface area contributed by atoms with Crippen molar-refractivity contribution in [2.75, 3.05) is 0 Å². The Bertz CT molecular complexity index is 512. The maximum atomic E-state index is 12.3. The number of carboxylic acid groups (broad SMARTS) is 1. The van der Waals surface area contributed by atoms with Gasteiger partial charge in [-0.2, -0.15) is 0 Å². The number of rotatable bonds is 4. The molecule has 2 rings (SSSR count). The first-order valence-corrected chi connectivity index (χ1v) is 6.48. The molecule has 1 amide bonds. The summed E-state index contributed by atoms with van der Waals surface area (Å²) in [5.41, 5.74) is 2.74. The van der Waals surface area contributed by atoms with Crippen LogP contribution in [0.4, 0.5) is 0 Å². The van der Waals surface area contributed by atoms with Crippen molar-refractivity contribution in [3.05, 3.63) is 34.9 Å². The maximum Gasteiger partial charge on any atom is 0.325 e. The van der Waals surface area contributed by atoms with Crippen LogP contribution in [0.2, 0.25) is 0 Å². The second kappa shape index (κ2) is 4.68. The smallest absolute Gasteiger partial charge is 0.325 e. The summed E-state index contributed by atoms with van der Waals surface area (Å²) in [5.74, 6) is -1.18. The van der Waals surface area contributed by atoms with E-state index in [9.17, 15) is 9.59 Å². The van der Waals surface area contributed by atoms with E-state index in [1.54, 1.807) is 0 Å². The molecule has 1 aromatic carbocycles. The Morgan fingerprint density at radius 2 is 1.74 bits per heavy atom. The first kappa shape index (κ1) is 13.6. The Morgan fingerprint density at radius 3 is 2.16 bits per heavy atom. The third kappa shape index (κ3) is 2.62. The van der Waals surface area contributed by atoms with Crippen LogP contribution in [-0.4, -0.2) is 23.0 Å². The van der Waals surface area contributed by atoms with Gasteiger partial charge in [0.25, 0.3) is 0 Å². The SMILES string of the molecule is Cc1cc(C)cc(C2(C(=O)N[C@H](C)C(=O)O)CC2)c1. The fraction of sp³-hybridized carbons (Fsp3) is 0.467. The number of carbonyl (C=O) groups excluding carboxylic acids is 1. The molecule has 1 aliphatic rings. The summed E-state index contributed by atoms with van der Waals surface area (Å²) in [7, 11) is 0. The Labute approximate surface area is 112 Å². The van der Waals surface area contributed by atoms with Gasteiger partial charge in [0.15, 0.2) is 0 Å². The number of hydrogen-bond donors (Lipinski definition) is 2. The number of amides is 1. The van der Waals surface area contributed by atoms with Gasteiger partial charge in [-0.25, -0.2) is 0 Å². The monoisotopic (exact) mass is 261 g/mol. The van der Waals surface area contributed by atoms with Gasteiger partial charge in [0, 0.05) is 0 Å². The molecular formula is C15H19NO3. The van der Waals surface area contributed by atoms with Crippen LogP contribution in [0.15, 0.2) is 18.2 Å². The van der Waals surface area contributed by atoms with Gasteiger partial charge in [0.2, 0.25) is 5.91 Å². The number of hydrogen-bond acceptors (Lipinski definition) is 2. The van der Waals surface area contributed by atoms with Gasteiger partial charge >= 0.3 is 5.97 Å². The molecular weight excluding hydrogens is 242 g/mol. The van der Waals surface area contributed by atoms with Crippen molar-refractivity contribution in [1.29, 1.82) is 0 Å². The van der Waals surface area contributed by atoms with E-state index >= 15 is 0 Å². The summed E-state index contributed by atoms with van der Waals surface area (Å²) in [5, 5.41) is 11.4. The summed E-state index contributed by atoms with van der Waals surface area (Å²) in [6.45, 7) is 5.49. The molecule has 1 atom stereocenters. The summed E-state index contributed by atoms with van der Waals surface area (Å²) in [6.07, 6.45) is 1.57. The molecule has 0 aliphatic heterocycles. The van der Waals surface area contributed by atoms with E-state index in [-0.39, 0.29) is 5.91 Å². The fourth-order valence-corrected chi connectivity index (χ4v) is 2.42. The zero-order chi connectivity index (χ0) is 14.2. The molecule has 4 nitrogen and oxygen atoms in total. The van der Waals surface area contributed by atoms with Crippen LogP contribution in [-0.2, 0) is 15.0 Å². The molecule has 1 fully saturated rings. The third-order valence-electron chi connectivity index (χ3n) is 3.68. The van der Waals surface area contributed by atoms with E-state index in [1.807, 2.05) is 26.0 Å². The van der Waals surface area contributed by atoms with Gasteiger partial charge in [0.05, 0.1) is 5.41 Å². The highest BCUT2D eigenvalue weighted by Crippen LogP contribution is 2.48. The van der Waals surface area contributed by atoms with Crippen LogP contribution in [0.25, 0.3) is 0 Å². The molecule has 1 saturated carbocycles. The van der Waals surface area contributed by atoms with E-state index in [4.69, 9.17) is 5.11 Å². The van der Waals surface area contributed by atoms with Gasteiger partial charge in [0.1, 0.15) is 6.04 Å². The van der Waals surface area contributed by atoms with E-state index in [0.29, 0.717) is 0 Å². The summed E-state index contributed by atoms with van der Waals surface area (Å²) in [6, 6.07) is 5.25. The lowest BCUT2D eigenvalue weighted by Crippen LogP contribution is -2.43.